The van der Waals surface area contributed by atoms with Crippen LogP contribution in [-0.4, -0.2) is 39.8 Å². The molecule has 0 aliphatic rings. The predicted octanol–water partition coefficient (Wildman–Crippen LogP) is 2.98. The van der Waals surface area contributed by atoms with Crippen molar-refractivity contribution < 1.29 is 26.3 Å². The second-order valence-corrected chi connectivity index (χ2v) is 8.15. The van der Waals surface area contributed by atoms with E-state index in [2.05, 4.69) is 19.8 Å². The van der Waals surface area contributed by atoms with E-state index in [0.717, 1.165) is 23.3 Å². The zero-order valence-electron chi connectivity index (χ0n) is 16.1. The minimum Gasteiger partial charge on any atom is -0.494 e. The van der Waals surface area contributed by atoms with Gasteiger partial charge in [-0.2, -0.15) is 18.3 Å². The van der Waals surface area contributed by atoms with Gasteiger partial charge < -0.3 is 4.74 Å². The third kappa shape index (κ3) is 3.79. The number of sulfonamides is 1. The van der Waals surface area contributed by atoms with Crippen molar-refractivity contribution in [2.75, 3.05) is 11.8 Å². The first-order valence-corrected chi connectivity index (χ1v) is 10.2. The van der Waals surface area contributed by atoms with Crippen LogP contribution in [0.2, 0.25) is 0 Å². The molecule has 13 heteroatoms. The van der Waals surface area contributed by atoms with Gasteiger partial charge in [-0.1, -0.05) is 0 Å². The molecule has 0 radical (unpaired) electrons. The number of aryl methyl sites for hydroxylation is 1. The highest BCUT2D eigenvalue weighted by molar-refractivity contribution is 7.92. The van der Waals surface area contributed by atoms with Gasteiger partial charge in [-0.15, -0.1) is 0 Å². The molecule has 1 N–H and O–H groups in total. The van der Waals surface area contributed by atoms with Crippen LogP contribution >= 0.6 is 0 Å². The fraction of sp³-hybridized carbons (Fsp3) is 0.167. The normalized spacial score (nSPS) is 12.3. The number of fused-ring (bicyclic) bond motifs is 1. The molecule has 1 aromatic carbocycles. The second kappa shape index (κ2) is 7.27. The Balaban J connectivity index is 1.67. The van der Waals surface area contributed by atoms with Crippen LogP contribution in [0.4, 0.5) is 18.9 Å². The van der Waals surface area contributed by atoms with Crippen LogP contribution < -0.4 is 9.46 Å². The van der Waals surface area contributed by atoms with Gasteiger partial charge in [-0.05, 0) is 24.3 Å². The second-order valence-electron chi connectivity index (χ2n) is 6.47. The Morgan fingerprint density at radius 1 is 1.10 bits per heavy atom. The van der Waals surface area contributed by atoms with Gasteiger partial charge in [0.1, 0.15) is 28.5 Å². The number of ether oxygens (including phenoxy) is 1. The highest BCUT2D eigenvalue weighted by Gasteiger charge is 2.33. The largest absolute Gasteiger partial charge is 0.494 e. The third-order valence-corrected chi connectivity index (χ3v) is 5.82. The number of hydrogen-bond acceptors (Lipinski definition) is 6. The molecule has 0 spiro atoms. The van der Waals surface area contributed by atoms with E-state index in [1.165, 1.54) is 23.9 Å². The number of hydrogen-bond donors (Lipinski definition) is 1. The lowest BCUT2D eigenvalue weighted by Crippen LogP contribution is -2.15. The number of halogens is 3. The van der Waals surface area contributed by atoms with Gasteiger partial charge in [-0.3, -0.25) is 14.0 Å². The van der Waals surface area contributed by atoms with Crippen molar-refractivity contribution in [2.24, 2.45) is 7.05 Å². The van der Waals surface area contributed by atoms with Gasteiger partial charge >= 0.3 is 6.18 Å². The summed E-state index contributed by atoms with van der Waals surface area (Å²) in [5, 5.41) is 4.83. The summed E-state index contributed by atoms with van der Waals surface area (Å²) in [4.78, 5) is 7.05. The van der Waals surface area contributed by atoms with Crippen LogP contribution in [0.1, 0.15) is 5.69 Å². The highest BCUT2D eigenvalue weighted by atomic mass is 32.2. The molecule has 0 aliphatic heterocycles. The van der Waals surface area contributed by atoms with Crippen LogP contribution in [0, 0.1) is 0 Å². The first-order chi connectivity index (χ1) is 14.6. The SMILES string of the molecule is COc1ccc2cnn(C)c2c1NS(=O)(=O)c1ccc(-n2cnc(C(F)(F)F)c2)nc1. The van der Waals surface area contributed by atoms with Crippen LogP contribution in [0.25, 0.3) is 16.7 Å². The molecule has 4 rings (SSSR count). The van der Waals surface area contributed by atoms with E-state index < -0.39 is 21.9 Å². The van der Waals surface area contributed by atoms with Crippen molar-refractivity contribution in [2.45, 2.75) is 11.1 Å². The fourth-order valence-corrected chi connectivity index (χ4v) is 4.01. The molecule has 9 nitrogen and oxygen atoms in total. The Kier molecular flexibility index (Phi) is 4.84. The average Bonchev–Trinajstić information content (AvgIpc) is 3.36. The zero-order valence-corrected chi connectivity index (χ0v) is 16.9. The molecular formula is C18H15F3N6O3S. The van der Waals surface area contributed by atoms with E-state index in [-0.39, 0.29) is 16.4 Å². The van der Waals surface area contributed by atoms with Gasteiger partial charge in [0.2, 0.25) is 0 Å². The van der Waals surface area contributed by atoms with Gasteiger partial charge in [0.05, 0.1) is 18.8 Å². The number of methoxy groups -OCH3 is 1. The lowest BCUT2D eigenvalue weighted by Gasteiger charge is -2.14. The number of imidazole rings is 1. The molecule has 4 aromatic rings. The number of rotatable bonds is 5. The highest BCUT2D eigenvalue weighted by Crippen LogP contribution is 2.34. The fourth-order valence-electron chi connectivity index (χ4n) is 2.99. The lowest BCUT2D eigenvalue weighted by atomic mass is 10.2. The van der Waals surface area contributed by atoms with E-state index in [0.29, 0.717) is 16.7 Å². The van der Waals surface area contributed by atoms with Crippen molar-refractivity contribution in [1.29, 1.82) is 0 Å². The molecule has 0 fully saturated rings. The average molecular weight is 452 g/mol. The van der Waals surface area contributed by atoms with Crippen molar-refractivity contribution in [3.63, 3.8) is 0 Å². The molecule has 3 heterocycles. The van der Waals surface area contributed by atoms with Crippen molar-refractivity contribution in [3.8, 4) is 11.6 Å². The number of nitrogens with one attached hydrogen (secondary N) is 1. The summed E-state index contributed by atoms with van der Waals surface area (Å²) in [6.45, 7) is 0. The van der Waals surface area contributed by atoms with Crippen LogP contribution in [0.5, 0.6) is 5.75 Å². The van der Waals surface area contributed by atoms with Crippen LogP contribution in [-0.2, 0) is 23.2 Å². The summed E-state index contributed by atoms with van der Waals surface area (Å²) in [7, 11) is -1.02. The molecule has 0 amide bonds. The molecular weight excluding hydrogens is 437 g/mol. The molecule has 31 heavy (non-hydrogen) atoms. The molecule has 0 saturated carbocycles. The maximum atomic E-state index is 12.9. The van der Waals surface area contributed by atoms with Crippen LogP contribution in [0.15, 0.2) is 54.1 Å². The minimum absolute atomic E-state index is 0.0771. The summed E-state index contributed by atoms with van der Waals surface area (Å²) in [6, 6.07) is 5.86. The summed E-state index contributed by atoms with van der Waals surface area (Å²) < 4.78 is 74.3. The predicted molar refractivity (Wildman–Crippen MR) is 104 cm³/mol. The summed E-state index contributed by atoms with van der Waals surface area (Å²) in [5.74, 6) is 0.371. The molecule has 0 aliphatic carbocycles. The van der Waals surface area contributed by atoms with E-state index in [1.807, 2.05) is 0 Å². The quantitative estimate of drug-likeness (QED) is 0.499. The number of alkyl halides is 3. The van der Waals surface area contributed by atoms with E-state index in [1.54, 1.807) is 25.4 Å². The number of anilines is 1. The molecule has 0 saturated heterocycles. The van der Waals surface area contributed by atoms with Crippen molar-refractivity contribution >= 4 is 26.6 Å². The summed E-state index contributed by atoms with van der Waals surface area (Å²) >= 11 is 0. The minimum atomic E-state index is -4.59. The Hall–Kier alpha value is -3.61. The standard InChI is InChI=1S/C18H15F3N6O3S/c1-26-17-11(7-24-26)3-5-13(30-2)16(17)25-31(28,29)12-4-6-15(22-8-12)27-9-14(23-10-27)18(19,20)21/h3-10,25H,1-2H3. The molecule has 162 valence electrons. The Bertz CT molecular complexity index is 1360. The summed E-state index contributed by atoms with van der Waals surface area (Å²) in [6.07, 6.45) is -0.247. The van der Waals surface area contributed by atoms with E-state index >= 15 is 0 Å². The monoisotopic (exact) mass is 452 g/mol. The summed E-state index contributed by atoms with van der Waals surface area (Å²) in [5.41, 5.74) is -0.358. The molecule has 3 aromatic heterocycles. The Morgan fingerprint density at radius 2 is 1.87 bits per heavy atom. The van der Waals surface area contributed by atoms with E-state index in [9.17, 15) is 21.6 Å². The van der Waals surface area contributed by atoms with E-state index in [4.69, 9.17) is 4.74 Å². The Labute approximate surface area is 174 Å². The zero-order chi connectivity index (χ0) is 22.4. The van der Waals surface area contributed by atoms with Gasteiger partial charge in [-0.25, -0.2) is 18.4 Å². The smallest absolute Gasteiger partial charge is 0.434 e. The van der Waals surface area contributed by atoms with Crippen molar-refractivity contribution in [1.82, 2.24) is 24.3 Å². The maximum absolute atomic E-state index is 12.9. The molecule has 0 unspecified atom stereocenters. The number of benzene rings is 1. The van der Waals surface area contributed by atoms with Crippen LogP contribution in [0.3, 0.4) is 0 Å². The Morgan fingerprint density at radius 3 is 2.48 bits per heavy atom. The van der Waals surface area contributed by atoms with Gasteiger partial charge in [0.15, 0.2) is 5.69 Å². The number of aromatic nitrogens is 5. The topological polar surface area (TPSA) is 104 Å². The molecule has 0 atom stereocenters. The van der Waals surface area contributed by atoms with Gasteiger partial charge in [0.25, 0.3) is 10.0 Å². The number of nitrogens with zero attached hydrogens (tertiary/aromatic N) is 5. The lowest BCUT2D eigenvalue weighted by molar-refractivity contribution is -0.140. The third-order valence-electron chi connectivity index (χ3n) is 4.49. The first kappa shape index (κ1) is 20.7. The molecule has 0 bridgehead atoms. The first-order valence-electron chi connectivity index (χ1n) is 8.69. The number of pyridine rings is 1. The van der Waals surface area contributed by atoms with Crippen molar-refractivity contribution in [3.05, 3.63) is 54.9 Å². The van der Waals surface area contributed by atoms with Gasteiger partial charge in [0, 0.05) is 24.8 Å². The maximum Gasteiger partial charge on any atom is 0.434 e.